The molecule has 4 nitrogen and oxygen atoms in total. The Morgan fingerprint density at radius 2 is 2.29 bits per heavy atom. The molecule has 0 aliphatic rings. The van der Waals surface area contributed by atoms with E-state index in [0.29, 0.717) is 0 Å². The highest BCUT2D eigenvalue weighted by Crippen LogP contribution is 2.21. The van der Waals surface area contributed by atoms with Crippen molar-refractivity contribution in [3.8, 4) is 5.75 Å². The quantitative estimate of drug-likeness (QED) is 0.789. The Labute approximate surface area is 100.0 Å². The van der Waals surface area contributed by atoms with E-state index < -0.39 is 11.7 Å². The lowest BCUT2D eigenvalue weighted by Gasteiger charge is -2.12. The lowest BCUT2D eigenvalue weighted by atomic mass is 10.1. The molecule has 0 spiro atoms. The SMILES string of the molecule is CNC(C)c1ccc(OCCC(N)=O)c(F)c1. The van der Waals surface area contributed by atoms with Gasteiger partial charge in [-0.05, 0) is 31.7 Å². The van der Waals surface area contributed by atoms with E-state index in [1.807, 2.05) is 6.92 Å². The summed E-state index contributed by atoms with van der Waals surface area (Å²) >= 11 is 0. The van der Waals surface area contributed by atoms with Crippen LogP contribution in [0.1, 0.15) is 24.9 Å². The monoisotopic (exact) mass is 240 g/mol. The van der Waals surface area contributed by atoms with Crippen LogP contribution in [-0.2, 0) is 4.79 Å². The Hall–Kier alpha value is -1.62. The van der Waals surface area contributed by atoms with Crippen molar-refractivity contribution in [2.24, 2.45) is 5.73 Å². The number of nitrogens with two attached hydrogens (primary N) is 1. The molecule has 94 valence electrons. The summed E-state index contributed by atoms with van der Waals surface area (Å²) in [6.45, 7) is 2.02. The van der Waals surface area contributed by atoms with E-state index in [1.165, 1.54) is 6.07 Å². The van der Waals surface area contributed by atoms with Crippen LogP contribution in [0.5, 0.6) is 5.75 Å². The van der Waals surface area contributed by atoms with Gasteiger partial charge in [-0.3, -0.25) is 4.79 Å². The minimum Gasteiger partial charge on any atom is -0.490 e. The summed E-state index contributed by atoms with van der Waals surface area (Å²) in [5.41, 5.74) is 5.80. The van der Waals surface area contributed by atoms with Crippen LogP contribution >= 0.6 is 0 Å². The first kappa shape index (κ1) is 13.4. The van der Waals surface area contributed by atoms with Crippen molar-refractivity contribution < 1.29 is 13.9 Å². The molecule has 1 rings (SSSR count). The maximum Gasteiger partial charge on any atom is 0.220 e. The summed E-state index contributed by atoms with van der Waals surface area (Å²) in [4.78, 5) is 10.5. The second-order valence-corrected chi connectivity index (χ2v) is 3.76. The summed E-state index contributed by atoms with van der Waals surface area (Å²) in [7, 11) is 1.81. The molecule has 0 aromatic heterocycles. The minimum absolute atomic E-state index is 0.0733. The second-order valence-electron chi connectivity index (χ2n) is 3.76. The number of amides is 1. The van der Waals surface area contributed by atoms with Crippen LogP contribution in [0.4, 0.5) is 4.39 Å². The van der Waals surface area contributed by atoms with E-state index >= 15 is 0 Å². The first-order valence-electron chi connectivity index (χ1n) is 5.42. The van der Waals surface area contributed by atoms with Gasteiger partial charge >= 0.3 is 0 Å². The minimum atomic E-state index is -0.467. The number of primary amides is 1. The Morgan fingerprint density at radius 3 is 2.82 bits per heavy atom. The number of nitrogens with one attached hydrogen (secondary N) is 1. The van der Waals surface area contributed by atoms with E-state index in [9.17, 15) is 9.18 Å². The first-order valence-corrected chi connectivity index (χ1v) is 5.42. The molecule has 0 aliphatic heterocycles. The topological polar surface area (TPSA) is 64.3 Å². The largest absolute Gasteiger partial charge is 0.490 e. The first-order chi connectivity index (χ1) is 8.04. The molecule has 0 radical (unpaired) electrons. The molecule has 0 saturated heterocycles. The molecule has 1 amide bonds. The van der Waals surface area contributed by atoms with Crippen molar-refractivity contribution in [1.29, 1.82) is 0 Å². The number of ether oxygens (including phenoxy) is 1. The van der Waals surface area contributed by atoms with Crippen LogP contribution in [0.15, 0.2) is 18.2 Å². The summed E-state index contributed by atoms with van der Waals surface area (Å²) in [5.74, 6) is -0.766. The van der Waals surface area contributed by atoms with Crippen molar-refractivity contribution in [1.82, 2.24) is 5.32 Å². The van der Waals surface area contributed by atoms with E-state index in [0.717, 1.165) is 5.56 Å². The van der Waals surface area contributed by atoms with Gasteiger partial charge in [0.2, 0.25) is 5.91 Å². The fraction of sp³-hybridized carbons (Fsp3) is 0.417. The molecule has 17 heavy (non-hydrogen) atoms. The van der Waals surface area contributed by atoms with Crippen molar-refractivity contribution in [3.63, 3.8) is 0 Å². The Kier molecular flexibility index (Phi) is 4.90. The second kappa shape index (κ2) is 6.20. The lowest BCUT2D eigenvalue weighted by molar-refractivity contribution is -0.118. The highest BCUT2D eigenvalue weighted by molar-refractivity contribution is 5.73. The smallest absolute Gasteiger partial charge is 0.220 e. The molecule has 0 heterocycles. The molecule has 1 aromatic rings. The number of carbonyl (C=O) groups is 1. The Bertz CT molecular complexity index is 396. The third-order valence-corrected chi connectivity index (χ3v) is 2.49. The van der Waals surface area contributed by atoms with Gasteiger partial charge in [0.25, 0.3) is 0 Å². The predicted octanol–water partition coefficient (Wildman–Crippen LogP) is 1.36. The summed E-state index contributed by atoms with van der Waals surface area (Å²) in [5, 5.41) is 3.02. The van der Waals surface area contributed by atoms with Crippen LogP contribution in [0, 0.1) is 5.82 Å². The van der Waals surface area contributed by atoms with Gasteiger partial charge in [0.05, 0.1) is 13.0 Å². The number of carbonyl (C=O) groups excluding carboxylic acids is 1. The summed E-state index contributed by atoms with van der Waals surface area (Å²) in [6.07, 6.45) is 0.0775. The third-order valence-electron chi connectivity index (χ3n) is 2.49. The van der Waals surface area contributed by atoms with Crippen LogP contribution in [0.3, 0.4) is 0 Å². The Morgan fingerprint density at radius 1 is 1.59 bits per heavy atom. The van der Waals surface area contributed by atoms with Crippen molar-refractivity contribution in [2.45, 2.75) is 19.4 Å². The predicted molar refractivity (Wildman–Crippen MR) is 63.2 cm³/mol. The zero-order chi connectivity index (χ0) is 12.8. The zero-order valence-electron chi connectivity index (χ0n) is 10.00. The highest BCUT2D eigenvalue weighted by Gasteiger charge is 2.08. The van der Waals surface area contributed by atoms with Gasteiger partial charge in [0.15, 0.2) is 11.6 Å². The number of benzene rings is 1. The van der Waals surface area contributed by atoms with Gasteiger partial charge < -0.3 is 15.8 Å². The molecule has 1 aromatic carbocycles. The van der Waals surface area contributed by atoms with Crippen LogP contribution in [-0.4, -0.2) is 19.6 Å². The fourth-order valence-corrected chi connectivity index (χ4v) is 1.33. The molecular weight excluding hydrogens is 223 g/mol. The number of halogens is 1. The molecule has 5 heteroatoms. The van der Waals surface area contributed by atoms with E-state index in [1.54, 1.807) is 19.2 Å². The Balaban J connectivity index is 2.66. The average Bonchev–Trinajstić information content (AvgIpc) is 2.29. The molecule has 0 saturated carbocycles. The third kappa shape index (κ3) is 4.03. The van der Waals surface area contributed by atoms with Gasteiger partial charge in [-0.1, -0.05) is 6.07 Å². The van der Waals surface area contributed by atoms with Gasteiger partial charge in [0, 0.05) is 6.04 Å². The lowest BCUT2D eigenvalue weighted by Crippen LogP contribution is -2.15. The van der Waals surface area contributed by atoms with E-state index in [2.05, 4.69) is 5.32 Å². The molecule has 0 aliphatic carbocycles. The maximum absolute atomic E-state index is 13.6. The van der Waals surface area contributed by atoms with E-state index in [-0.39, 0.29) is 24.8 Å². The number of rotatable bonds is 6. The van der Waals surface area contributed by atoms with Gasteiger partial charge in [-0.15, -0.1) is 0 Å². The van der Waals surface area contributed by atoms with Crippen LogP contribution in [0.25, 0.3) is 0 Å². The number of hydrogen-bond donors (Lipinski definition) is 2. The highest BCUT2D eigenvalue weighted by atomic mass is 19.1. The van der Waals surface area contributed by atoms with Gasteiger partial charge in [-0.25, -0.2) is 4.39 Å². The fourth-order valence-electron chi connectivity index (χ4n) is 1.33. The molecule has 1 atom stereocenters. The molecule has 0 fully saturated rings. The summed E-state index contributed by atoms with van der Waals surface area (Å²) < 4.78 is 18.7. The van der Waals surface area contributed by atoms with Crippen LogP contribution < -0.4 is 15.8 Å². The van der Waals surface area contributed by atoms with Crippen LogP contribution in [0.2, 0.25) is 0 Å². The number of hydrogen-bond acceptors (Lipinski definition) is 3. The molecule has 1 unspecified atom stereocenters. The zero-order valence-corrected chi connectivity index (χ0v) is 10.00. The average molecular weight is 240 g/mol. The van der Waals surface area contributed by atoms with Gasteiger partial charge in [-0.2, -0.15) is 0 Å². The van der Waals surface area contributed by atoms with Gasteiger partial charge in [0.1, 0.15) is 0 Å². The summed E-state index contributed by atoms with van der Waals surface area (Å²) in [6, 6.07) is 4.83. The standard InChI is InChI=1S/C12H17FN2O2/c1-8(15-2)9-3-4-11(10(13)7-9)17-6-5-12(14)16/h3-4,7-8,15H,5-6H2,1-2H3,(H2,14,16). The molecule has 3 N–H and O–H groups in total. The van der Waals surface area contributed by atoms with Crippen molar-refractivity contribution in [3.05, 3.63) is 29.6 Å². The molecule has 0 bridgehead atoms. The van der Waals surface area contributed by atoms with E-state index in [4.69, 9.17) is 10.5 Å². The molecular formula is C12H17FN2O2. The normalized spacial score (nSPS) is 12.2. The maximum atomic E-state index is 13.6. The van der Waals surface area contributed by atoms with Crippen molar-refractivity contribution in [2.75, 3.05) is 13.7 Å². The van der Waals surface area contributed by atoms with Crippen molar-refractivity contribution >= 4 is 5.91 Å².